The first-order valence-corrected chi connectivity index (χ1v) is 20.7. The Labute approximate surface area is 341 Å². The monoisotopic (exact) mass is 769 g/mol. The van der Waals surface area contributed by atoms with Gasteiger partial charge >= 0.3 is 0 Å². The normalized spacial score (nSPS) is 12.1. The zero-order valence-corrected chi connectivity index (χ0v) is 32.4. The van der Waals surface area contributed by atoms with E-state index in [0.717, 1.165) is 61.0 Å². The fraction of sp³-hybridized carbons (Fsp3) is 0. The summed E-state index contributed by atoms with van der Waals surface area (Å²) in [6.07, 6.45) is 0. The molecule has 4 heterocycles. The highest BCUT2D eigenvalue weighted by Crippen LogP contribution is 2.50. The van der Waals surface area contributed by atoms with E-state index in [2.05, 4.69) is 180 Å². The van der Waals surface area contributed by atoms with Crippen LogP contribution in [0.5, 0.6) is 0 Å². The average molecular weight is 770 g/mol. The molecule has 274 valence electrons. The van der Waals surface area contributed by atoms with Crippen molar-refractivity contribution in [3.05, 3.63) is 188 Å². The first kappa shape index (κ1) is 32.5. The smallest absolute Gasteiger partial charge is 0.233 e. The quantitative estimate of drug-likeness (QED) is 0.179. The molecule has 0 unspecified atom stereocenters. The van der Waals surface area contributed by atoms with E-state index in [0.29, 0.717) is 11.5 Å². The fourth-order valence-electron chi connectivity index (χ4n) is 9.40. The molecule has 0 aliphatic carbocycles. The van der Waals surface area contributed by atoms with E-state index < -0.39 is 0 Å². The maximum atomic E-state index is 6.72. The number of nitrogens with zero attached hydrogens (tertiary/aromatic N) is 3. The van der Waals surface area contributed by atoms with Crippen molar-refractivity contribution in [1.29, 1.82) is 0 Å². The minimum Gasteiger partial charge on any atom is -0.437 e. The highest BCUT2D eigenvalue weighted by atomic mass is 32.1. The van der Waals surface area contributed by atoms with Crippen LogP contribution >= 0.6 is 11.3 Å². The lowest BCUT2D eigenvalue weighted by molar-refractivity contribution is 0.653. The van der Waals surface area contributed by atoms with Gasteiger partial charge in [0.2, 0.25) is 5.71 Å². The van der Waals surface area contributed by atoms with Crippen LogP contribution in [-0.2, 0) is 0 Å². The number of hydrogen-bond acceptors (Lipinski definition) is 4. The highest BCUT2D eigenvalue weighted by molar-refractivity contribution is 7.27. The molecule has 0 saturated carbocycles. The van der Waals surface area contributed by atoms with Crippen molar-refractivity contribution in [3.63, 3.8) is 0 Å². The molecule has 0 aliphatic heterocycles. The van der Waals surface area contributed by atoms with Crippen LogP contribution in [0, 0.1) is 0 Å². The van der Waals surface area contributed by atoms with Crippen molar-refractivity contribution in [2.45, 2.75) is 0 Å². The molecule has 0 bridgehead atoms. The van der Waals surface area contributed by atoms with Gasteiger partial charge < -0.3 is 4.42 Å². The SMILES string of the molecule is c1ccc(-c2cc(-c3ccccc3)cc(-c3nc(-n4c5ccc6ccccc6c5c5c6c7ccccc7sc6c6ccccc6c54)c4c(n3)oc3ccccc34)c2)cc1. The predicted octanol–water partition coefficient (Wildman–Crippen LogP) is 15.1. The van der Waals surface area contributed by atoms with E-state index >= 15 is 0 Å². The van der Waals surface area contributed by atoms with Crippen molar-refractivity contribution in [2.75, 3.05) is 0 Å². The zero-order valence-electron chi connectivity index (χ0n) is 31.6. The number of hydrogen-bond donors (Lipinski definition) is 0. The van der Waals surface area contributed by atoms with E-state index in [1.165, 1.54) is 52.5 Å². The zero-order chi connectivity index (χ0) is 38.6. The number of benzene rings is 9. The highest BCUT2D eigenvalue weighted by Gasteiger charge is 2.27. The molecule has 13 aromatic rings. The summed E-state index contributed by atoms with van der Waals surface area (Å²) in [4.78, 5) is 11.0. The predicted molar refractivity (Wildman–Crippen MR) is 248 cm³/mol. The summed E-state index contributed by atoms with van der Waals surface area (Å²) in [5.74, 6) is 1.39. The number of aromatic nitrogens is 3. The second-order valence-electron chi connectivity index (χ2n) is 15.3. The average Bonchev–Trinajstić information content (AvgIpc) is 3.99. The molecule has 0 saturated heterocycles. The summed E-state index contributed by atoms with van der Waals surface area (Å²) >= 11 is 1.88. The Bertz CT molecular complexity index is 3780. The third-order valence-electron chi connectivity index (χ3n) is 12.0. The van der Waals surface area contributed by atoms with Gasteiger partial charge in [-0.3, -0.25) is 4.57 Å². The van der Waals surface area contributed by atoms with Crippen LogP contribution in [0.25, 0.3) is 125 Å². The molecule has 0 aliphatic rings. The molecule has 4 nitrogen and oxygen atoms in total. The van der Waals surface area contributed by atoms with Crippen LogP contribution in [0.15, 0.2) is 192 Å². The van der Waals surface area contributed by atoms with Crippen molar-refractivity contribution in [2.24, 2.45) is 0 Å². The molecule has 5 heteroatoms. The molecule has 59 heavy (non-hydrogen) atoms. The van der Waals surface area contributed by atoms with Gasteiger partial charge in [0, 0.05) is 52.7 Å². The summed E-state index contributed by atoms with van der Waals surface area (Å²) in [6, 6.07) is 67.1. The molecule has 0 spiro atoms. The summed E-state index contributed by atoms with van der Waals surface area (Å²) in [7, 11) is 0. The van der Waals surface area contributed by atoms with E-state index in [9.17, 15) is 0 Å². The maximum Gasteiger partial charge on any atom is 0.233 e. The molecular formula is C54H31N3OS. The van der Waals surface area contributed by atoms with Gasteiger partial charge in [0.25, 0.3) is 0 Å². The minimum atomic E-state index is 0.555. The molecular weight excluding hydrogens is 739 g/mol. The van der Waals surface area contributed by atoms with E-state index in [-0.39, 0.29) is 0 Å². The Morgan fingerprint density at radius 1 is 0.424 bits per heavy atom. The first-order valence-electron chi connectivity index (χ1n) is 19.9. The van der Waals surface area contributed by atoms with Gasteiger partial charge in [-0.25, -0.2) is 4.98 Å². The largest absolute Gasteiger partial charge is 0.437 e. The summed E-state index contributed by atoms with van der Waals surface area (Å²) in [6.45, 7) is 0. The van der Waals surface area contributed by atoms with Gasteiger partial charge in [-0.15, -0.1) is 11.3 Å². The van der Waals surface area contributed by atoms with Crippen molar-refractivity contribution in [1.82, 2.24) is 14.5 Å². The second kappa shape index (κ2) is 12.4. The summed E-state index contributed by atoms with van der Waals surface area (Å²) in [5.41, 5.74) is 8.91. The molecule has 0 radical (unpaired) electrons. The van der Waals surface area contributed by atoms with Crippen LogP contribution in [0.3, 0.4) is 0 Å². The van der Waals surface area contributed by atoms with Gasteiger partial charge in [0.15, 0.2) is 11.6 Å². The minimum absolute atomic E-state index is 0.555. The van der Waals surface area contributed by atoms with E-state index in [1.54, 1.807) is 0 Å². The lowest BCUT2D eigenvalue weighted by Gasteiger charge is -2.14. The van der Waals surface area contributed by atoms with Gasteiger partial charge in [-0.1, -0.05) is 152 Å². The Morgan fingerprint density at radius 2 is 1.03 bits per heavy atom. The van der Waals surface area contributed by atoms with Crippen LogP contribution in [-0.4, -0.2) is 14.5 Å². The third-order valence-corrected chi connectivity index (χ3v) is 13.2. The van der Waals surface area contributed by atoms with E-state index in [4.69, 9.17) is 14.4 Å². The lowest BCUT2D eigenvalue weighted by atomic mass is 9.96. The van der Waals surface area contributed by atoms with Gasteiger partial charge in [-0.05, 0) is 69.4 Å². The lowest BCUT2D eigenvalue weighted by Crippen LogP contribution is -2.02. The summed E-state index contributed by atoms with van der Waals surface area (Å²) in [5, 5.41) is 11.7. The van der Waals surface area contributed by atoms with E-state index in [1.807, 2.05) is 23.5 Å². The first-order chi connectivity index (χ1) is 29.3. The van der Waals surface area contributed by atoms with Crippen LogP contribution < -0.4 is 0 Å². The second-order valence-corrected chi connectivity index (χ2v) is 16.3. The van der Waals surface area contributed by atoms with Crippen LogP contribution in [0.1, 0.15) is 0 Å². The number of furan rings is 1. The molecule has 0 amide bonds. The third kappa shape index (κ3) is 4.77. The molecule has 0 N–H and O–H groups in total. The van der Waals surface area contributed by atoms with Crippen molar-refractivity contribution < 1.29 is 4.42 Å². The number of rotatable bonds is 4. The van der Waals surface area contributed by atoms with Crippen LogP contribution in [0.2, 0.25) is 0 Å². The molecule has 9 aromatic carbocycles. The molecule has 4 aromatic heterocycles. The van der Waals surface area contributed by atoms with Gasteiger partial charge in [0.05, 0.1) is 16.4 Å². The Morgan fingerprint density at radius 3 is 1.80 bits per heavy atom. The maximum absolute atomic E-state index is 6.72. The Balaban J connectivity index is 1.23. The van der Waals surface area contributed by atoms with Crippen molar-refractivity contribution >= 4 is 96.9 Å². The standard InChI is InChI=1S/C54H31N3OS/c1-3-15-32(16-4-1)35-29-36(33-17-5-2-6-18-33)31-37(30-35)52-55-53(48-41-23-11-13-25-44(41)58-54(48)56-52)57-43-28-27-34-19-7-8-20-38(34)46(43)49-47-42-24-12-14-26-45(42)59-51(47)40-22-10-9-21-39(40)50(49)57/h1-31H. The molecule has 13 rings (SSSR count). The Kier molecular flexibility index (Phi) is 6.85. The number of para-hydroxylation sites is 1. The van der Waals surface area contributed by atoms with Gasteiger partial charge in [-0.2, -0.15) is 4.98 Å². The molecule has 0 atom stereocenters. The Hall–Kier alpha value is -7.60. The summed E-state index contributed by atoms with van der Waals surface area (Å²) < 4.78 is 11.7. The van der Waals surface area contributed by atoms with Crippen LogP contribution in [0.4, 0.5) is 0 Å². The topological polar surface area (TPSA) is 43.9 Å². The molecule has 0 fully saturated rings. The van der Waals surface area contributed by atoms with Crippen molar-refractivity contribution in [3.8, 4) is 39.5 Å². The number of thiophene rings is 1. The number of fused-ring (bicyclic) bond motifs is 15. The van der Waals surface area contributed by atoms with Gasteiger partial charge in [0.1, 0.15) is 5.58 Å². The fourth-order valence-corrected chi connectivity index (χ4v) is 10.6.